The summed E-state index contributed by atoms with van der Waals surface area (Å²) in [4.78, 5) is 15.0. The Morgan fingerprint density at radius 1 is 1.20 bits per heavy atom. The van der Waals surface area contributed by atoms with E-state index < -0.39 is 0 Å². The van der Waals surface area contributed by atoms with Crippen molar-refractivity contribution in [1.82, 2.24) is 14.7 Å². The first kappa shape index (κ1) is 16.3. The van der Waals surface area contributed by atoms with E-state index in [1.165, 1.54) is 0 Å². The third kappa shape index (κ3) is 2.86. The Hall–Kier alpha value is -2.14. The van der Waals surface area contributed by atoms with Crippen LogP contribution in [0.4, 0.5) is 0 Å². The number of carbonyl (C=O) groups excluding carboxylic acids is 1. The lowest BCUT2D eigenvalue weighted by atomic mass is 9.98. The Kier molecular flexibility index (Phi) is 4.12. The van der Waals surface area contributed by atoms with Gasteiger partial charge >= 0.3 is 0 Å². The minimum atomic E-state index is 0.0400. The summed E-state index contributed by atoms with van der Waals surface area (Å²) in [6.07, 6.45) is 2.24. The van der Waals surface area contributed by atoms with Crippen LogP contribution in [-0.2, 0) is 0 Å². The molecule has 5 heteroatoms. The highest BCUT2D eigenvalue weighted by Gasteiger charge is 2.43. The van der Waals surface area contributed by atoms with Crippen LogP contribution in [0, 0.1) is 11.8 Å². The van der Waals surface area contributed by atoms with Crippen LogP contribution in [0.25, 0.3) is 5.69 Å². The maximum Gasteiger partial charge on any atom is 0.274 e. The Morgan fingerprint density at radius 2 is 1.96 bits per heavy atom. The minimum Gasteiger partial charge on any atom is -0.337 e. The van der Waals surface area contributed by atoms with Crippen molar-refractivity contribution in [2.75, 3.05) is 13.1 Å². The van der Waals surface area contributed by atoms with Crippen molar-refractivity contribution in [3.63, 3.8) is 0 Å². The molecule has 5 nitrogen and oxygen atoms in total. The van der Waals surface area contributed by atoms with Crippen molar-refractivity contribution in [2.45, 2.75) is 38.6 Å². The number of likely N-dealkylation sites (tertiary alicyclic amines) is 1. The number of hydrogen-bond acceptors (Lipinski definition) is 3. The average molecular weight is 338 g/mol. The van der Waals surface area contributed by atoms with Crippen LogP contribution in [0.15, 0.2) is 36.4 Å². The fourth-order valence-electron chi connectivity index (χ4n) is 4.32. The molecule has 2 aromatic rings. The van der Waals surface area contributed by atoms with Gasteiger partial charge in [0, 0.05) is 24.8 Å². The van der Waals surface area contributed by atoms with Gasteiger partial charge in [-0.25, -0.2) is 4.68 Å². The Balaban J connectivity index is 1.62. The van der Waals surface area contributed by atoms with E-state index in [0.29, 0.717) is 23.4 Å². The second-order valence-corrected chi connectivity index (χ2v) is 7.73. The molecule has 1 aromatic carbocycles. The third-order valence-corrected chi connectivity index (χ3v) is 5.75. The van der Waals surface area contributed by atoms with Gasteiger partial charge in [0.15, 0.2) is 5.69 Å². The number of fused-ring (bicyclic) bond motifs is 1. The van der Waals surface area contributed by atoms with Gasteiger partial charge < -0.3 is 10.6 Å². The third-order valence-electron chi connectivity index (χ3n) is 5.75. The van der Waals surface area contributed by atoms with E-state index in [1.54, 1.807) is 0 Å². The van der Waals surface area contributed by atoms with Crippen LogP contribution in [0.1, 0.15) is 48.8 Å². The summed E-state index contributed by atoms with van der Waals surface area (Å²) in [5.41, 5.74) is 8.80. The second-order valence-electron chi connectivity index (χ2n) is 7.73. The van der Waals surface area contributed by atoms with Gasteiger partial charge in [-0.3, -0.25) is 4.79 Å². The van der Waals surface area contributed by atoms with Gasteiger partial charge in [0.1, 0.15) is 0 Å². The number of aromatic nitrogens is 2. The molecule has 2 N–H and O–H groups in total. The average Bonchev–Trinajstić information content (AvgIpc) is 3.31. The molecular formula is C20H26N4O. The molecule has 1 aliphatic heterocycles. The number of nitrogens with zero attached hydrogens (tertiary/aromatic N) is 3. The van der Waals surface area contributed by atoms with Gasteiger partial charge in [-0.1, -0.05) is 32.0 Å². The minimum absolute atomic E-state index is 0.0400. The molecule has 1 saturated carbocycles. The quantitative estimate of drug-likeness (QED) is 0.936. The molecule has 3 atom stereocenters. The van der Waals surface area contributed by atoms with E-state index in [-0.39, 0.29) is 11.9 Å². The van der Waals surface area contributed by atoms with Crippen molar-refractivity contribution in [1.29, 1.82) is 0 Å². The van der Waals surface area contributed by atoms with E-state index >= 15 is 0 Å². The van der Waals surface area contributed by atoms with Crippen LogP contribution in [0.5, 0.6) is 0 Å². The molecule has 2 heterocycles. The molecule has 2 aliphatic rings. The molecule has 1 amide bonds. The molecule has 2 fully saturated rings. The van der Waals surface area contributed by atoms with Gasteiger partial charge in [-0.2, -0.15) is 5.10 Å². The summed E-state index contributed by atoms with van der Waals surface area (Å²) in [6.45, 7) is 5.86. The second kappa shape index (κ2) is 6.30. The van der Waals surface area contributed by atoms with Gasteiger partial charge in [-0.05, 0) is 48.8 Å². The first-order valence-electron chi connectivity index (χ1n) is 9.25. The number of para-hydroxylation sites is 1. The highest BCUT2D eigenvalue weighted by atomic mass is 16.2. The van der Waals surface area contributed by atoms with Crippen molar-refractivity contribution >= 4 is 5.91 Å². The number of rotatable bonds is 3. The maximum atomic E-state index is 13.0. The summed E-state index contributed by atoms with van der Waals surface area (Å²) in [5, 5.41) is 4.65. The molecule has 4 rings (SSSR count). The van der Waals surface area contributed by atoms with Gasteiger partial charge in [0.05, 0.1) is 5.69 Å². The van der Waals surface area contributed by atoms with Crippen molar-refractivity contribution < 1.29 is 4.79 Å². The van der Waals surface area contributed by atoms with Crippen LogP contribution < -0.4 is 5.73 Å². The van der Waals surface area contributed by atoms with Crippen molar-refractivity contribution in [3.8, 4) is 5.69 Å². The lowest BCUT2D eigenvalue weighted by Crippen LogP contribution is -2.33. The Labute approximate surface area is 148 Å². The van der Waals surface area contributed by atoms with Crippen molar-refractivity contribution in [2.24, 2.45) is 17.6 Å². The van der Waals surface area contributed by atoms with E-state index in [4.69, 9.17) is 5.73 Å². The van der Waals surface area contributed by atoms with E-state index in [1.807, 2.05) is 46.0 Å². The predicted octanol–water partition coefficient (Wildman–Crippen LogP) is 2.81. The first-order chi connectivity index (χ1) is 12.0. The largest absolute Gasteiger partial charge is 0.337 e. The summed E-state index contributed by atoms with van der Waals surface area (Å²) in [5.74, 6) is 1.36. The molecule has 25 heavy (non-hydrogen) atoms. The number of nitrogens with two attached hydrogens (primary N) is 1. The molecule has 1 saturated heterocycles. The lowest BCUT2D eigenvalue weighted by molar-refractivity contribution is 0.0773. The lowest BCUT2D eigenvalue weighted by Gasteiger charge is -2.17. The molecule has 0 bridgehead atoms. The monoisotopic (exact) mass is 338 g/mol. The topological polar surface area (TPSA) is 64.2 Å². The van der Waals surface area contributed by atoms with E-state index in [0.717, 1.165) is 37.3 Å². The van der Waals surface area contributed by atoms with Crippen molar-refractivity contribution in [3.05, 3.63) is 47.8 Å². The molecule has 0 spiro atoms. The number of hydrogen-bond donors (Lipinski definition) is 1. The SMILES string of the molecule is CC(C)c1cc(C(=O)N2CC3CCC(N)C3C2)nn1-c1ccccc1. The molecule has 3 unspecified atom stereocenters. The fraction of sp³-hybridized carbons (Fsp3) is 0.500. The number of amides is 1. The predicted molar refractivity (Wildman–Crippen MR) is 97.7 cm³/mol. The fourth-order valence-corrected chi connectivity index (χ4v) is 4.32. The maximum absolute atomic E-state index is 13.0. The van der Waals surface area contributed by atoms with Crippen LogP contribution >= 0.6 is 0 Å². The van der Waals surface area contributed by atoms with Gasteiger partial charge in [0.25, 0.3) is 5.91 Å². The van der Waals surface area contributed by atoms with Crippen LogP contribution in [0.3, 0.4) is 0 Å². The smallest absolute Gasteiger partial charge is 0.274 e. The zero-order valence-electron chi connectivity index (χ0n) is 14.9. The normalized spacial score (nSPS) is 25.6. The zero-order valence-corrected chi connectivity index (χ0v) is 14.9. The number of carbonyl (C=O) groups is 1. The Bertz CT molecular complexity index is 767. The summed E-state index contributed by atoms with van der Waals surface area (Å²) in [6, 6.07) is 12.2. The van der Waals surface area contributed by atoms with E-state index in [2.05, 4.69) is 18.9 Å². The van der Waals surface area contributed by atoms with Crippen LogP contribution in [-0.4, -0.2) is 39.7 Å². The molecule has 132 valence electrons. The van der Waals surface area contributed by atoms with Gasteiger partial charge in [-0.15, -0.1) is 0 Å². The van der Waals surface area contributed by atoms with Gasteiger partial charge in [0.2, 0.25) is 0 Å². The summed E-state index contributed by atoms with van der Waals surface area (Å²) >= 11 is 0. The summed E-state index contributed by atoms with van der Waals surface area (Å²) < 4.78 is 1.90. The van der Waals surface area contributed by atoms with Crippen LogP contribution in [0.2, 0.25) is 0 Å². The first-order valence-corrected chi connectivity index (χ1v) is 9.25. The Morgan fingerprint density at radius 3 is 2.64 bits per heavy atom. The molecule has 0 radical (unpaired) electrons. The summed E-state index contributed by atoms with van der Waals surface area (Å²) in [7, 11) is 0. The van der Waals surface area contributed by atoms with E-state index in [9.17, 15) is 4.79 Å². The molecule has 1 aromatic heterocycles. The highest BCUT2D eigenvalue weighted by Crippen LogP contribution is 2.37. The zero-order chi connectivity index (χ0) is 17.6. The highest BCUT2D eigenvalue weighted by molar-refractivity contribution is 5.92. The molecule has 1 aliphatic carbocycles. The standard InChI is InChI=1S/C20H26N4O/c1-13(2)19-10-18(22-24(19)15-6-4-3-5-7-15)20(25)23-11-14-8-9-17(21)16(14)12-23/h3-7,10,13-14,16-17H,8-9,11-12,21H2,1-2H3. The molecular weight excluding hydrogens is 312 g/mol. The number of benzene rings is 1.